The van der Waals surface area contributed by atoms with Crippen LogP contribution in [-0.2, 0) is 17.9 Å². The van der Waals surface area contributed by atoms with Crippen molar-refractivity contribution in [2.45, 2.75) is 13.2 Å². The number of rotatable bonds is 6. The predicted molar refractivity (Wildman–Crippen MR) is 77.2 cm³/mol. The van der Waals surface area contributed by atoms with E-state index in [9.17, 15) is 4.79 Å². The molecule has 2 aromatic rings. The number of carbonyl (C=O) groups excluding carboxylic acids is 1. The van der Waals surface area contributed by atoms with Gasteiger partial charge in [-0.05, 0) is 23.3 Å². The molecule has 5 nitrogen and oxygen atoms in total. The van der Waals surface area contributed by atoms with Crippen molar-refractivity contribution >= 4 is 11.7 Å². The molecule has 0 aliphatic carbocycles. The zero-order chi connectivity index (χ0) is 14.4. The normalized spacial score (nSPS) is 10.2. The first-order valence-corrected chi connectivity index (χ1v) is 6.26. The SMILES string of the molecule is COCc1ccc(CNc2ncccc2C(N)=O)cc1. The fraction of sp³-hybridized carbons (Fsp3) is 0.200. The molecule has 1 aromatic heterocycles. The van der Waals surface area contributed by atoms with Gasteiger partial charge in [0.25, 0.3) is 5.91 Å². The lowest BCUT2D eigenvalue weighted by molar-refractivity contribution is 0.100. The van der Waals surface area contributed by atoms with E-state index in [1.165, 1.54) is 0 Å². The molecular formula is C15H17N3O2. The van der Waals surface area contributed by atoms with Gasteiger partial charge >= 0.3 is 0 Å². The van der Waals surface area contributed by atoms with Crippen LogP contribution in [0.1, 0.15) is 21.5 Å². The summed E-state index contributed by atoms with van der Waals surface area (Å²) in [6.45, 7) is 1.17. The van der Waals surface area contributed by atoms with Gasteiger partial charge in [-0.15, -0.1) is 0 Å². The van der Waals surface area contributed by atoms with E-state index >= 15 is 0 Å². The molecule has 2 rings (SSSR count). The fourth-order valence-electron chi connectivity index (χ4n) is 1.85. The van der Waals surface area contributed by atoms with Crippen LogP contribution in [0.15, 0.2) is 42.6 Å². The highest BCUT2D eigenvalue weighted by atomic mass is 16.5. The van der Waals surface area contributed by atoms with Gasteiger partial charge in [-0.25, -0.2) is 4.98 Å². The number of benzene rings is 1. The Bertz CT molecular complexity index is 582. The Balaban J connectivity index is 2.03. The third-order valence-corrected chi connectivity index (χ3v) is 2.87. The minimum absolute atomic E-state index is 0.392. The molecule has 0 atom stereocenters. The highest BCUT2D eigenvalue weighted by molar-refractivity contribution is 5.97. The second-order valence-electron chi connectivity index (χ2n) is 4.37. The number of pyridine rings is 1. The van der Waals surface area contributed by atoms with Crippen LogP contribution in [0.2, 0.25) is 0 Å². The average molecular weight is 271 g/mol. The topological polar surface area (TPSA) is 77.2 Å². The lowest BCUT2D eigenvalue weighted by Gasteiger charge is -2.09. The molecule has 5 heteroatoms. The van der Waals surface area contributed by atoms with Gasteiger partial charge in [-0.2, -0.15) is 0 Å². The van der Waals surface area contributed by atoms with E-state index in [0.29, 0.717) is 24.5 Å². The average Bonchev–Trinajstić information content (AvgIpc) is 2.47. The molecule has 104 valence electrons. The summed E-state index contributed by atoms with van der Waals surface area (Å²) in [5, 5.41) is 3.12. The van der Waals surface area contributed by atoms with Gasteiger partial charge < -0.3 is 15.8 Å². The predicted octanol–water partition coefficient (Wildman–Crippen LogP) is 1.94. The molecule has 0 aliphatic heterocycles. The Hall–Kier alpha value is -2.40. The molecule has 1 aromatic carbocycles. The van der Waals surface area contributed by atoms with Crippen LogP contribution in [0.3, 0.4) is 0 Å². The summed E-state index contributed by atoms with van der Waals surface area (Å²) < 4.78 is 5.06. The standard InChI is InChI=1S/C15H17N3O2/c1-20-10-12-6-4-11(5-7-12)9-18-15-13(14(16)19)3-2-8-17-15/h2-8H,9-10H2,1H3,(H2,16,19)(H,17,18). The third kappa shape index (κ3) is 3.55. The summed E-state index contributed by atoms with van der Waals surface area (Å²) >= 11 is 0. The number of methoxy groups -OCH3 is 1. The minimum atomic E-state index is -0.490. The van der Waals surface area contributed by atoms with Crippen molar-refractivity contribution in [2.24, 2.45) is 5.73 Å². The van der Waals surface area contributed by atoms with Gasteiger partial charge in [0.1, 0.15) is 5.82 Å². The van der Waals surface area contributed by atoms with Crippen molar-refractivity contribution in [3.63, 3.8) is 0 Å². The number of carbonyl (C=O) groups is 1. The highest BCUT2D eigenvalue weighted by Gasteiger charge is 2.07. The van der Waals surface area contributed by atoms with Gasteiger partial charge in [0, 0.05) is 19.9 Å². The van der Waals surface area contributed by atoms with Gasteiger partial charge in [-0.1, -0.05) is 24.3 Å². The van der Waals surface area contributed by atoms with Crippen LogP contribution in [0.25, 0.3) is 0 Å². The summed E-state index contributed by atoms with van der Waals surface area (Å²) in [5.41, 5.74) is 7.90. The van der Waals surface area contributed by atoms with Crippen molar-refractivity contribution in [1.29, 1.82) is 0 Å². The van der Waals surface area contributed by atoms with Crippen LogP contribution in [0.5, 0.6) is 0 Å². The summed E-state index contributed by atoms with van der Waals surface area (Å²) in [6, 6.07) is 11.4. The number of primary amides is 1. The first-order chi connectivity index (χ1) is 9.70. The molecule has 3 N–H and O–H groups in total. The third-order valence-electron chi connectivity index (χ3n) is 2.87. The molecule has 1 heterocycles. The van der Waals surface area contributed by atoms with Crippen LogP contribution < -0.4 is 11.1 Å². The molecule has 0 spiro atoms. The maximum Gasteiger partial charge on any atom is 0.252 e. The summed E-state index contributed by atoms with van der Waals surface area (Å²) in [7, 11) is 1.67. The summed E-state index contributed by atoms with van der Waals surface area (Å²) in [4.78, 5) is 15.4. The Kier molecular flexibility index (Phi) is 4.68. The molecule has 0 saturated heterocycles. The maximum atomic E-state index is 11.3. The van der Waals surface area contributed by atoms with Crippen molar-refractivity contribution in [2.75, 3.05) is 12.4 Å². The molecule has 1 amide bonds. The second-order valence-corrected chi connectivity index (χ2v) is 4.37. The molecule has 0 radical (unpaired) electrons. The molecule has 0 aliphatic rings. The van der Waals surface area contributed by atoms with Gasteiger partial charge in [0.2, 0.25) is 0 Å². The number of aromatic nitrogens is 1. The number of nitrogens with one attached hydrogen (secondary N) is 1. The van der Waals surface area contributed by atoms with E-state index in [1.54, 1.807) is 25.4 Å². The number of hydrogen-bond donors (Lipinski definition) is 2. The van der Waals surface area contributed by atoms with Crippen molar-refractivity contribution in [3.05, 3.63) is 59.3 Å². The van der Waals surface area contributed by atoms with Crippen LogP contribution >= 0.6 is 0 Å². The summed E-state index contributed by atoms with van der Waals surface area (Å²) in [6.07, 6.45) is 1.62. The first kappa shape index (κ1) is 14.0. The number of nitrogens with two attached hydrogens (primary N) is 1. The Morgan fingerprint density at radius 1 is 1.25 bits per heavy atom. The van der Waals surface area contributed by atoms with E-state index in [1.807, 2.05) is 24.3 Å². The largest absolute Gasteiger partial charge is 0.380 e. The number of anilines is 1. The monoisotopic (exact) mass is 271 g/mol. The fourth-order valence-corrected chi connectivity index (χ4v) is 1.85. The molecule has 20 heavy (non-hydrogen) atoms. The Labute approximate surface area is 117 Å². The molecule has 0 saturated carbocycles. The van der Waals surface area contributed by atoms with Crippen molar-refractivity contribution in [1.82, 2.24) is 4.98 Å². The van der Waals surface area contributed by atoms with E-state index in [2.05, 4.69) is 10.3 Å². The zero-order valence-electron chi connectivity index (χ0n) is 11.3. The van der Waals surface area contributed by atoms with Crippen LogP contribution in [-0.4, -0.2) is 18.0 Å². The first-order valence-electron chi connectivity index (χ1n) is 6.26. The minimum Gasteiger partial charge on any atom is -0.380 e. The molecular weight excluding hydrogens is 254 g/mol. The van der Waals surface area contributed by atoms with E-state index in [0.717, 1.165) is 11.1 Å². The maximum absolute atomic E-state index is 11.3. The van der Waals surface area contributed by atoms with E-state index in [-0.39, 0.29) is 0 Å². The Morgan fingerprint density at radius 2 is 1.95 bits per heavy atom. The van der Waals surface area contributed by atoms with Crippen LogP contribution in [0, 0.1) is 0 Å². The van der Waals surface area contributed by atoms with Crippen molar-refractivity contribution in [3.8, 4) is 0 Å². The molecule has 0 fully saturated rings. The highest BCUT2D eigenvalue weighted by Crippen LogP contribution is 2.13. The molecule has 0 bridgehead atoms. The quantitative estimate of drug-likeness (QED) is 0.841. The van der Waals surface area contributed by atoms with Gasteiger partial charge in [-0.3, -0.25) is 4.79 Å². The summed E-state index contributed by atoms with van der Waals surface area (Å²) in [5.74, 6) is 0.0111. The molecule has 0 unspecified atom stereocenters. The number of ether oxygens (including phenoxy) is 1. The van der Waals surface area contributed by atoms with Crippen LogP contribution in [0.4, 0.5) is 5.82 Å². The second kappa shape index (κ2) is 6.68. The van der Waals surface area contributed by atoms with Gasteiger partial charge in [0.05, 0.1) is 12.2 Å². The number of nitrogens with zero attached hydrogens (tertiary/aromatic N) is 1. The smallest absolute Gasteiger partial charge is 0.252 e. The number of amides is 1. The van der Waals surface area contributed by atoms with E-state index < -0.39 is 5.91 Å². The number of hydrogen-bond acceptors (Lipinski definition) is 4. The van der Waals surface area contributed by atoms with Crippen molar-refractivity contribution < 1.29 is 9.53 Å². The van der Waals surface area contributed by atoms with E-state index in [4.69, 9.17) is 10.5 Å². The Morgan fingerprint density at radius 3 is 2.60 bits per heavy atom. The zero-order valence-corrected chi connectivity index (χ0v) is 11.3. The lowest BCUT2D eigenvalue weighted by atomic mass is 10.1. The van der Waals surface area contributed by atoms with Gasteiger partial charge in [0.15, 0.2) is 0 Å². The lowest BCUT2D eigenvalue weighted by Crippen LogP contribution is -2.15.